The molecule has 0 aromatic carbocycles. The molecule has 12 heavy (non-hydrogen) atoms. The van der Waals surface area contributed by atoms with E-state index in [1.54, 1.807) is 0 Å². The van der Waals surface area contributed by atoms with Crippen molar-refractivity contribution in [1.82, 2.24) is 0 Å². The van der Waals surface area contributed by atoms with Gasteiger partial charge in [0.05, 0.1) is 11.8 Å². The van der Waals surface area contributed by atoms with E-state index in [1.807, 2.05) is 0 Å². The Bertz CT molecular complexity index is 204. The maximum Gasteiger partial charge on any atom is 0.337 e. The molecule has 0 aliphatic rings. The van der Waals surface area contributed by atoms with E-state index in [0.717, 1.165) is 6.26 Å². The van der Waals surface area contributed by atoms with Crippen LogP contribution in [0.3, 0.4) is 0 Å². The summed E-state index contributed by atoms with van der Waals surface area (Å²) in [5.74, 6) is -0.544. The molecule has 0 saturated carbocycles. The number of ether oxygens (including phenoxy) is 1. The molecule has 0 aliphatic carbocycles. The summed E-state index contributed by atoms with van der Waals surface area (Å²) in [6, 6.07) is 0. The normalized spacial score (nSPS) is 10.5. The van der Waals surface area contributed by atoms with E-state index in [2.05, 4.69) is 17.9 Å². The molecule has 0 rings (SSSR count). The van der Waals surface area contributed by atoms with Gasteiger partial charge in [-0.2, -0.15) is 0 Å². The molecular formula is C9H12O3. The smallest absolute Gasteiger partial charge is 0.337 e. The van der Waals surface area contributed by atoms with Crippen LogP contribution in [-0.2, 0) is 9.53 Å². The number of hydrogen-bond donors (Lipinski definition) is 1. The van der Waals surface area contributed by atoms with Gasteiger partial charge in [0.15, 0.2) is 0 Å². The highest BCUT2D eigenvalue weighted by Gasteiger charge is 2.07. The van der Waals surface area contributed by atoms with Crippen LogP contribution in [0.15, 0.2) is 37.1 Å². The van der Waals surface area contributed by atoms with Crippen molar-refractivity contribution in [3.05, 3.63) is 37.1 Å². The van der Waals surface area contributed by atoms with E-state index >= 15 is 0 Å². The Morgan fingerprint density at radius 1 is 1.42 bits per heavy atom. The first kappa shape index (κ1) is 10.5. The largest absolute Gasteiger partial charge is 0.515 e. The molecule has 0 fully saturated rings. The van der Waals surface area contributed by atoms with E-state index in [9.17, 15) is 4.79 Å². The predicted molar refractivity (Wildman–Crippen MR) is 46.7 cm³/mol. The predicted octanol–water partition coefficient (Wildman–Crippen LogP) is 1.73. The van der Waals surface area contributed by atoms with E-state index < -0.39 is 5.97 Å². The molecule has 0 aromatic rings. The highest BCUT2D eigenvalue weighted by molar-refractivity contribution is 5.88. The zero-order chi connectivity index (χ0) is 9.40. The Kier molecular flexibility index (Phi) is 5.43. The van der Waals surface area contributed by atoms with Crippen LogP contribution in [0, 0.1) is 0 Å². The fourth-order valence-corrected chi connectivity index (χ4v) is 0.572. The van der Waals surface area contributed by atoms with Gasteiger partial charge < -0.3 is 9.84 Å². The van der Waals surface area contributed by atoms with E-state index in [4.69, 9.17) is 5.11 Å². The molecule has 3 heteroatoms. The van der Waals surface area contributed by atoms with Crippen LogP contribution in [-0.4, -0.2) is 17.7 Å². The first-order valence-electron chi connectivity index (χ1n) is 3.48. The molecule has 0 aromatic heterocycles. The summed E-state index contributed by atoms with van der Waals surface area (Å²) in [5.41, 5.74) is 0.187. The van der Waals surface area contributed by atoms with Crippen LogP contribution < -0.4 is 0 Å². The molecule has 0 bridgehead atoms. The van der Waals surface area contributed by atoms with Crippen molar-refractivity contribution in [3.8, 4) is 0 Å². The minimum atomic E-state index is -0.544. The van der Waals surface area contributed by atoms with Crippen molar-refractivity contribution in [2.24, 2.45) is 0 Å². The molecular weight excluding hydrogens is 156 g/mol. The highest BCUT2D eigenvalue weighted by Crippen LogP contribution is 2.03. The second-order valence-corrected chi connectivity index (χ2v) is 2.03. The third kappa shape index (κ3) is 3.61. The lowest BCUT2D eigenvalue weighted by Gasteiger charge is -2.01. The Balaban J connectivity index is 4.03. The molecule has 0 saturated heterocycles. The second kappa shape index (κ2) is 6.22. The van der Waals surface area contributed by atoms with Crippen molar-refractivity contribution < 1.29 is 14.6 Å². The maximum atomic E-state index is 11.0. The lowest BCUT2D eigenvalue weighted by molar-refractivity contribution is -0.138. The zero-order valence-corrected chi connectivity index (χ0v) is 6.82. The molecule has 0 unspecified atom stereocenters. The molecule has 66 valence electrons. The number of hydrogen-bond acceptors (Lipinski definition) is 3. The van der Waals surface area contributed by atoms with Gasteiger partial charge in [0, 0.05) is 6.42 Å². The van der Waals surface area contributed by atoms with E-state index in [1.165, 1.54) is 12.2 Å². The van der Waals surface area contributed by atoms with Crippen LogP contribution in [0.5, 0.6) is 0 Å². The summed E-state index contributed by atoms with van der Waals surface area (Å²) in [6.07, 6.45) is 4.00. The highest BCUT2D eigenvalue weighted by atomic mass is 16.5. The average molecular weight is 168 g/mol. The Hall–Kier alpha value is -1.51. The topological polar surface area (TPSA) is 46.5 Å². The number of esters is 1. The number of rotatable bonds is 5. The van der Waals surface area contributed by atoms with E-state index in [0.29, 0.717) is 6.42 Å². The third-order valence-corrected chi connectivity index (χ3v) is 1.11. The number of allylic oxidation sites excluding steroid dienone is 1. The quantitative estimate of drug-likeness (QED) is 0.294. The molecule has 1 N–H and O–H groups in total. The first-order chi connectivity index (χ1) is 5.76. The Labute approximate surface area is 71.7 Å². The molecule has 0 amide bonds. The molecule has 0 heterocycles. The van der Waals surface area contributed by atoms with Gasteiger partial charge in [-0.25, -0.2) is 4.79 Å². The summed E-state index contributed by atoms with van der Waals surface area (Å²) in [5, 5.41) is 8.59. The van der Waals surface area contributed by atoms with Gasteiger partial charge in [-0.3, -0.25) is 0 Å². The molecule has 0 spiro atoms. The van der Waals surface area contributed by atoms with Crippen molar-refractivity contribution in [3.63, 3.8) is 0 Å². The monoisotopic (exact) mass is 168 g/mol. The van der Waals surface area contributed by atoms with Crippen LogP contribution >= 0.6 is 0 Å². The standard InChI is InChI=1S/C9H12O3/c1-3-5-8(7-10)9(11)12-6-4-2/h3-4,7,10H,1-2,5-6H2. The Morgan fingerprint density at radius 2 is 2.08 bits per heavy atom. The number of carbonyl (C=O) groups excluding carboxylic acids is 1. The van der Waals surface area contributed by atoms with Crippen molar-refractivity contribution in [1.29, 1.82) is 0 Å². The summed E-state index contributed by atoms with van der Waals surface area (Å²) in [6.45, 7) is 6.96. The van der Waals surface area contributed by atoms with Gasteiger partial charge in [0.1, 0.15) is 6.61 Å². The Morgan fingerprint density at radius 3 is 2.50 bits per heavy atom. The van der Waals surface area contributed by atoms with Gasteiger partial charge in [-0.1, -0.05) is 18.7 Å². The lowest BCUT2D eigenvalue weighted by atomic mass is 10.2. The van der Waals surface area contributed by atoms with Crippen molar-refractivity contribution in [2.45, 2.75) is 6.42 Å². The van der Waals surface area contributed by atoms with Crippen molar-refractivity contribution in [2.75, 3.05) is 6.61 Å². The lowest BCUT2D eigenvalue weighted by Crippen LogP contribution is -2.07. The third-order valence-electron chi connectivity index (χ3n) is 1.11. The zero-order valence-electron chi connectivity index (χ0n) is 6.82. The fraction of sp³-hybridized carbons (Fsp3) is 0.222. The minimum Gasteiger partial charge on any atom is -0.515 e. The number of aliphatic hydroxyl groups is 1. The van der Waals surface area contributed by atoms with E-state index in [-0.39, 0.29) is 12.2 Å². The van der Waals surface area contributed by atoms with Crippen LogP contribution in [0.4, 0.5) is 0 Å². The molecule has 0 atom stereocenters. The van der Waals surface area contributed by atoms with Crippen LogP contribution in [0.2, 0.25) is 0 Å². The van der Waals surface area contributed by atoms with Gasteiger partial charge in [-0.15, -0.1) is 6.58 Å². The van der Waals surface area contributed by atoms with Crippen LogP contribution in [0.1, 0.15) is 6.42 Å². The molecule has 0 aliphatic heterocycles. The van der Waals surface area contributed by atoms with Gasteiger partial charge in [-0.05, 0) is 0 Å². The summed E-state index contributed by atoms with van der Waals surface area (Å²) in [4.78, 5) is 11.0. The number of carbonyl (C=O) groups is 1. The summed E-state index contributed by atoms with van der Waals surface area (Å²) in [7, 11) is 0. The average Bonchev–Trinajstić information content (AvgIpc) is 2.10. The first-order valence-corrected chi connectivity index (χ1v) is 3.48. The van der Waals surface area contributed by atoms with Crippen molar-refractivity contribution >= 4 is 5.97 Å². The van der Waals surface area contributed by atoms with Gasteiger partial charge >= 0.3 is 5.97 Å². The molecule has 0 radical (unpaired) electrons. The van der Waals surface area contributed by atoms with Crippen LogP contribution in [0.25, 0.3) is 0 Å². The maximum absolute atomic E-state index is 11.0. The fourth-order valence-electron chi connectivity index (χ4n) is 0.572. The van der Waals surface area contributed by atoms with Gasteiger partial charge in [0.2, 0.25) is 0 Å². The minimum absolute atomic E-state index is 0.146. The number of aliphatic hydroxyl groups excluding tert-OH is 1. The molecule has 3 nitrogen and oxygen atoms in total. The SMILES string of the molecule is C=CCOC(=O)C(=CO)CC=C. The summed E-state index contributed by atoms with van der Waals surface area (Å²) < 4.78 is 4.66. The van der Waals surface area contributed by atoms with Gasteiger partial charge in [0.25, 0.3) is 0 Å². The summed E-state index contributed by atoms with van der Waals surface area (Å²) >= 11 is 0. The second-order valence-electron chi connectivity index (χ2n) is 2.03.